The van der Waals surface area contributed by atoms with Crippen LogP contribution >= 0.6 is 0 Å². The van der Waals surface area contributed by atoms with Crippen molar-refractivity contribution in [3.05, 3.63) is 53.5 Å². The van der Waals surface area contributed by atoms with Crippen molar-refractivity contribution in [1.29, 1.82) is 0 Å². The number of amides is 2. The topological polar surface area (TPSA) is 97.6 Å². The quantitative estimate of drug-likeness (QED) is 0.749. The largest absolute Gasteiger partial charge is 0.459 e. The molecule has 1 aromatic heterocycles. The number of furan rings is 1. The number of rotatable bonds is 7. The first-order valence-electron chi connectivity index (χ1n) is 7.87. The number of nitrogens with one attached hydrogen (secondary N) is 2. The van der Waals surface area contributed by atoms with Crippen LogP contribution in [0, 0.1) is 6.92 Å². The normalized spacial score (nSPS) is 10.2. The number of anilines is 1. The Bertz CT molecular complexity index is 753. The third kappa shape index (κ3) is 5.20. The highest BCUT2D eigenvalue weighted by Gasteiger charge is 2.13. The molecule has 0 atom stereocenters. The van der Waals surface area contributed by atoms with E-state index in [1.165, 1.54) is 12.3 Å². The Labute approximate surface area is 145 Å². The number of carbonyl (C=O) groups excluding carboxylic acids is 3. The highest BCUT2D eigenvalue weighted by Crippen LogP contribution is 2.20. The molecule has 1 aromatic carbocycles. The van der Waals surface area contributed by atoms with E-state index in [9.17, 15) is 14.4 Å². The molecular weight excluding hydrogens is 324 g/mol. The molecule has 0 bridgehead atoms. The lowest BCUT2D eigenvalue weighted by Crippen LogP contribution is -2.32. The van der Waals surface area contributed by atoms with E-state index in [2.05, 4.69) is 10.6 Å². The van der Waals surface area contributed by atoms with Crippen molar-refractivity contribution in [3.63, 3.8) is 0 Å². The van der Waals surface area contributed by atoms with Gasteiger partial charge in [-0.15, -0.1) is 0 Å². The molecule has 0 radical (unpaired) electrons. The second-order valence-electron chi connectivity index (χ2n) is 5.33. The number of carbonyl (C=O) groups is 3. The fourth-order valence-electron chi connectivity index (χ4n) is 2.22. The van der Waals surface area contributed by atoms with Gasteiger partial charge < -0.3 is 19.8 Å². The van der Waals surface area contributed by atoms with Crippen molar-refractivity contribution >= 4 is 23.5 Å². The van der Waals surface area contributed by atoms with E-state index in [1.54, 1.807) is 6.07 Å². The van der Waals surface area contributed by atoms with E-state index in [0.29, 0.717) is 0 Å². The van der Waals surface area contributed by atoms with Gasteiger partial charge in [0.15, 0.2) is 12.4 Å². The molecule has 0 saturated heterocycles. The summed E-state index contributed by atoms with van der Waals surface area (Å²) in [6, 6.07) is 8.78. The zero-order chi connectivity index (χ0) is 18.2. The number of hydrogen-bond donors (Lipinski definition) is 2. The van der Waals surface area contributed by atoms with Crippen molar-refractivity contribution in [2.75, 3.05) is 18.5 Å². The molecule has 2 N–H and O–H groups in total. The summed E-state index contributed by atoms with van der Waals surface area (Å²) in [5, 5.41) is 5.10. The van der Waals surface area contributed by atoms with Crippen molar-refractivity contribution in [2.24, 2.45) is 0 Å². The Morgan fingerprint density at radius 2 is 1.96 bits per heavy atom. The van der Waals surface area contributed by atoms with Gasteiger partial charge in [0.25, 0.3) is 11.8 Å². The molecule has 25 heavy (non-hydrogen) atoms. The molecule has 7 nitrogen and oxygen atoms in total. The number of ether oxygens (including phenoxy) is 1. The zero-order valence-corrected chi connectivity index (χ0v) is 14.1. The lowest BCUT2D eigenvalue weighted by molar-refractivity contribution is -0.146. The van der Waals surface area contributed by atoms with Crippen LogP contribution in [0.2, 0.25) is 0 Å². The molecule has 1 heterocycles. The first-order chi connectivity index (χ1) is 12.0. The van der Waals surface area contributed by atoms with Crippen molar-refractivity contribution < 1.29 is 23.5 Å². The summed E-state index contributed by atoms with van der Waals surface area (Å²) in [6.45, 7) is 3.11. The van der Waals surface area contributed by atoms with E-state index in [-0.39, 0.29) is 12.3 Å². The van der Waals surface area contributed by atoms with Crippen LogP contribution in [0.3, 0.4) is 0 Å². The summed E-state index contributed by atoms with van der Waals surface area (Å²) in [6.07, 6.45) is 2.13. The summed E-state index contributed by atoms with van der Waals surface area (Å²) >= 11 is 0. The fourth-order valence-corrected chi connectivity index (χ4v) is 2.22. The number of aryl methyl sites for hydroxylation is 2. The first kappa shape index (κ1) is 18.3. The third-order valence-corrected chi connectivity index (χ3v) is 3.51. The smallest absolute Gasteiger partial charge is 0.325 e. The van der Waals surface area contributed by atoms with E-state index in [1.807, 2.05) is 32.0 Å². The summed E-state index contributed by atoms with van der Waals surface area (Å²) in [4.78, 5) is 35.2. The van der Waals surface area contributed by atoms with Gasteiger partial charge in [0.2, 0.25) is 0 Å². The van der Waals surface area contributed by atoms with Gasteiger partial charge >= 0.3 is 5.97 Å². The molecule has 0 unspecified atom stereocenters. The monoisotopic (exact) mass is 344 g/mol. The van der Waals surface area contributed by atoms with Gasteiger partial charge in [-0.1, -0.05) is 25.1 Å². The van der Waals surface area contributed by atoms with E-state index >= 15 is 0 Å². The average molecular weight is 344 g/mol. The van der Waals surface area contributed by atoms with Gasteiger partial charge in [0.05, 0.1) is 6.26 Å². The van der Waals surface area contributed by atoms with Crippen LogP contribution < -0.4 is 10.6 Å². The minimum atomic E-state index is -0.712. The molecule has 2 amide bonds. The molecule has 7 heteroatoms. The van der Waals surface area contributed by atoms with Crippen LogP contribution in [-0.4, -0.2) is 30.9 Å². The third-order valence-electron chi connectivity index (χ3n) is 3.51. The minimum Gasteiger partial charge on any atom is -0.459 e. The summed E-state index contributed by atoms with van der Waals surface area (Å²) < 4.78 is 9.76. The molecule has 0 aliphatic carbocycles. The van der Waals surface area contributed by atoms with Crippen LogP contribution in [0.5, 0.6) is 0 Å². The van der Waals surface area contributed by atoms with Crippen molar-refractivity contribution in [2.45, 2.75) is 20.3 Å². The maximum atomic E-state index is 12.0. The SMILES string of the molecule is CCc1cccc(C)c1NC(=O)COC(=O)CNC(=O)c1ccco1. The first-order valence-corrected chi connectivity index (χ1v) is 7.87. The molecule has 2 aromatic rings. The Kier molecular flexibility index (Phi) is 6.33. The van der Waals surface area contributed by atoms with Crippen LogP contribution in [-0.2, 0) is 20.7 Å². The summed E-state index contributed by atoms with van der Waals surface area (Å²) in [5.74, 6) is -1.58. The minimum absolute atomic E-state index is 0.0946. The van der Waals surface area contributed by atoms with Gasteiger partial charge in [-0.3, -0.25) is 14.4 Å². The molecule has 0 fully saturated rings. The van der Waals surface area contributed by atoms with Gasteiger partial charge in [-0.05, 0) is 36.6 Å². The van der Waals surface area contributed by atoms with Crippen LogP contribution in [0.15, 0.2) is 41.0 Å². The molecular formula is C18H20N2O5. The Balaban J connectivity index is 1.78. The lowest BCUT2D eigenvalue weighted by atomic mass is 10.1. The number of hydrogen-bond acceptors (Lipinski definition) is 5. The average Bonchev–Trinajstić information content (AvgIpc) is 3.14. The summed E-state index contributed by atoms with van der Waals surface area (Å²) in [5.41, 5.74) is 2.67. The summed E-state index contributed by atoms with van der Waals surface area (Å²) in [7, 11) is 0. The number of benzene rings is 1. The van der Waals surface area contributed by atoms with Crippen molar-refractivity contribution in [1.82, 2.24) is 5.32 Å². The number of esters is 1. The second kappa shape index (κ2) is 8.68. The highest BCUT2D eigenvalue weighted by molar-refractivity contribution is 5.95. The Morgan fingerprint density at radius 3 is 2.64 bits per heavy atom. The number of para-hydroxylation sites is 1. The molecule has 0 spiro atoms. The Morgan fingerprint density at radius 1 is 1.16 bits per heavy atom. The van der Waals surface area contributed by atoms with Gasteiger partial charge in [0.1, 0.15) is 6.54 Å². The highest BCUT2D eigenvalue weighted by atomic mass is 16.5. The van der Waals surface area contributed by atoms with Crippen LogP contribution in [0.25, 0.3) is 0 Å². The standard InChI is InChI=1S/C18H20N2O5/c1-3-13-7-4-6-12(2)17(13)20-15(21)11-25-16(22)10-19-18(23)14-8-5-9-24-14/h4-9H,3,10-11H2,1-2H3,(H,19,23)(H,20,21). The van der Waals surface area contributed by atoms with E-state index < -0.39 is 24.4 Å². The zero-order valence-electron chi connectivity index (χ0n) is 14.1. The van der Waals surface area contributed by atoms with Gasteiger partial charge in [0, 0.05) is 5.69 Å². The van der Waals surface area contributed by atoms with Crippen LogP contribution in [0.1, 0.15) is 28.6 Å². The van der Waals surface area contributed by atoms with Gasteiger partial charge in [-0.25, -0.2) is 0 Å². The Hall–Kier alpha value is -3.09. The van der Waals surface area contributed by atoms with Crippen molar-refractivity contribution in [3.8, 4) is 0 Å². The molecule has 0 aliphatic heterocycles. The fraction of sp³-hybridized carbons (Fsp3) is 0.278. The van der Waals surface area contributed by atoms with Gasteiger partial charge in [-0.2, -0.15) is 0 Å². The van der Waals surface area contributed by atoms with Crippen LogP contribution in [0.4, 0.5) is 5.69 Å². The predicted octanol–water partition coefficient (Wildman–Crippen LogP) is 2.06. The molecule has 0 saturated carbocycles. The van der Waals surface area contributed by atoms with E-state index in [0.717, 1.165) is 23.2 Å². The second-order valence-corrected chi connectivity index (χ2v) is 5.33. The van der Waals surface area contributed by atoms with E-state index in [4.69, 9.17) is 9.15 Å². The molecule has 2 rings (SSSR count). The predicted molar refractivity (Wildman–Crippen MR) is 91.2 cm³/mol. The molecule has 132 valence electrons. The molecule has 0 aliphatic rings. The maximum absolute atomic E-state index is 12.0. The maximum Gasteiger partial charge on any atom is 0.325 e. The lowest BCUT2D eigenvalue weighted by Gasteiger charge is -2.13.